The Morgan fingerprint density at radius 3 is 2.46 bits per heavy atom. The van der Waals surface area contributed by atoms with Crippen molar-refractivity contribution in [1.82, 2.24) is 15.3 Å². The highest BCUT2D eigenvalue weighted by Gasteiger charge is 2.29. The standard InChI is InChI=1S/C20H19N5O3/c1-14-8-10-16(11-9-14)17(26)13-24-18(19(27)21-2)20(28)25(23-24)22-12-15-6-4-3-5-7-15/h3-12H,13H2,1-2H3,(H-,21,23,27,28)/p+1. The molecule has 0 bridgehead atoms. The van der Waals surface area contributed by atoms with Crippen molar-refractivity contribution in [1.29, 1.82) is 0 Å². The quantitative estimate of drug-likeness (QED) is 0.379. The van der Waals surface area contributed by atoms with E-state index in [1.165, 1.54) is 17.9 Å². The van der Waals surface area contributed by atoms with Gasteiger partial charge in [0.1, 0.15) is 0 Å². The van der Waals surface area contributed by atoms with Crippen LogP contribution in [-0.4, -0.2) is 35.0 Å². The van der Waals surface area contributed by atoms with Gasteiger partial charge in [0, 0.05) is 17.4 Å². The molecular formula is C20H20N5O3+. The van der Waals surface area contributed by atoms with Crippen molar-refractivity contribution < 1.29 is 14.3 Å². The maximum Gasteiger partial charge on any atom is 0.432 e. The Morgan fingerprint density at radius 1 is 1.14 bits per heavy atom. The Kier molecular flexibility index (Phi) is 5.59. The van der Waals surface area contributed by atoms with Crippen LogP contribution in [0.3, 0.4) is 0 Å². The van der Waals surface area contributed by atoms with Crippen molar-refractivity contribution in [2.75, 3.05) is 7.05 Å². The van der Waals surface area contributed by atoms with Gasteiger partial charge in [-0.2, -0.15) is 0 Å². The van der Waals surface area contributed by atoms with Gasteiger partial charge in [0.05, 0.1) is 6.21 Å². The fourth-order valence-electron chi connectivity index (χ4n) is 2.59. The lowest BCUT2D eigenvalue weighted by atomic mass is 10.1. The van der Waals surface area contributed by atoms with Crippen LogP contribution < -0.4 is 15.6 Å². The Balaban J connectivity index is 1.94. The highest BCUT2D eigenvalue weighted by molar-refractivity contribution is 5.95. The van der Waals surface area contributed by atoms with Gasteiger partial charge in [0.15, 0.2) is 6.54 Å². The Morgan fingerprint density at radius 2 is 1.82 bits per heavy atom. The van der Waals surface area contributed by atoms with Gasteiger partial charge in [0.2, 0.25) is 5.78 Å². The number of carbonyl (C=O) groups excluding carboxylic acids is 2. The molecule has 0 unspecified atom stereocenters. The molecule has 0 aliphatic heterocycles. The smallest absolute Gasteiger partial charge is 0.352 e. The molecule has 0 saturated heterocycles. The van der Waals surface area contributed by atoms with E-state index in [2.05, 4.69) is 15.6 Å². The number of H-pyrrole nitrogens is 1. The minimum atomic E-state index is -0.650. The molecule has 2 N–H and O–H groups in total. The van der Waals surface area contributed by atoms with Gasteiger partial charge in [-0.1, -0.05) is 70.5 Å². The molecule has 142 valence electrons. The van der Waals surface area contributed by atoms with Crippen molar-refractivity contribution in [2.24, 2.45) is 5.10 Å². The van der Waals surface area contributed by atoms with Gasteiger partial charge >= 0.3 is 17.2 Å². The number of nitrogens with zero attached hydrogens (tertiary/aromatic N) is 3. The van der Waals surface area contributed by atoms with Crippen LogP contribution in [0.15, 0.2) is 64.5 Å². The molecule has 3 aromatic rings. The van der Waals surface area contributed by atoms with Crippen LogP contribution in [0.1, 0.15) is 32.0 Å². The molecule has 1 aromatic heterocycles. The fourth-order valence-corrected chi connectivity index (χ4v) is 2.59. The normalized spacial score (nSPS) is 10.9. The first kappa shape index (κ1) is 19.0. The molecule has 1 amide bonds. The van der Waals surface area contributed by atoms with Gasteiger partial charge in [-0.25, -0.2) is 4.79 Å². The maximum atomic E-state index is 12.6. The number of rotatable bonds is 6. The van der Waals surface area contributed by atoms with E-state index >= 15 is 0 Å². The van der Waals surface area contributed by atoms with E-state index < -0.39 is 11.5 Å². The van der Waals surface area contributed by atoms with Crippen LogP contribution in [0.2, 0.25) is 0 Å². The molecule has 0 radical (unpaired) electrons. The first-order valence-electron chi connectivity index (χ1n) is 8.66. The zero-order chi connectivity index (χ0) is 20.1. The molecule has 28 heavy (non-hydrogen) atoms. The van der Waals surface area contributed by atoms with Crippen LogP contribution in [0, 0.1) is 6.92 Å². The number of amides is 1. The van der Waals surface area contributed by atoms with E-state index in [4.69, 9.17) is 0 Å². The molecule has 0 spiro atoms. The number of benzene rings is 2. The number of hydrogen-bond donors (Lipinski definition) is 2. The van der Waals surface area contributed by atoms with E-state index in [-0.39, 0.29) is 18.0 Å². The molecule has 0 atom stereocenters. The summed E-state index contributed by atoms with van der Waals surface area (Å²) in [5.41, 5.74) is 1.46. The van der Waals surface area contributed by atoms with Crippen LogP contribution >= 0.6 is 0 Å². The largest absolute Gasteiger partial charge is 0.432 e. The van der Waals surface area contributed by atoms with E-state index in [1.807, 2.05) is 49.4 Å². The lowest BCUT2D eigenvalue weighted by Gasteiger charge is -2.00. The molecule has 0 aliphatic carbocycles. The highest BCUT2D eigenvalue weighted by atomic mass is 16.2. The van der Waals surface area contributed by atoms with E-state index in [0.717, 1.165) is 15.9 Å². The fraction of sp³-hybridized carbons (Fsp3) is 0.150. The second-order valence-electron chi connectivity index (χ2n) is 6.18. The summed E-state index contributed by atoms with van der Waals surface area (Å²) in [4.78, 5) is 38.3. The van der Waals surface area contributed by atoms with Crippen molar-refractivity contribution in [3.05, 3.63) is 87.3 Å². The predicted molar refractivity (Wildman–Crippen MR) is 104 cm³/mol. The molecule has 0 saturated carbocycles. The summed E-state index contributed by atoms with van der Waals surface area (Å²) < 4.78 is 1.20. The molecule has 1 heterocycles. The van der Waals surface area contributed by atoms with Crippen molar-refractivity contribution in [3.8, 4) is 0 Å². The molecule has 3 rings (SSSR count). The number of aromatic amines is 1. The van der Waals surface area contributed by atoms with Crippen molar-refractivity contribution in [3.63, 3.8) is 0 Å². The molecular weight excluding hydrogens is 358 g/mol. The summed E-state index contributed by atoms with van der Waals surface area (Å²) in [5, 5.41) is 9.18. The number of hydrogen-bond acceptors (Lipinski definition) is 4. The maximum absolute atomic E-state index is 12.6. The summed E-state index contributed by atoms with van der Waals surface area (Å²) >= 11 is 0. The molecule has 8 nitrogen and oxygen atoms in total. The number of aromatic nitrogens is 3. The predicted octanol–water partition coefficient (Wildman–Crippen LogP) is 0.897. The number of ketones is 1. The van der Waals surface area contributed by atoms with E-state index in [9.17, 15) is 14.4 Å². The summed E-state index contributed by atoms with van der Waals surface area (Å²) in [5.74, 6) is -0.845. The summed E-state index contributed by atoms with van der Waals surface area (Å²) in [7, 11) is 1.42. The van der Waals surface area contributed by atoms with Gasteiger partial charge in [0.25, 0.3) is 0 Å². The van der Waals surface area contributed by atoms with E-state index in [0.29, 0.717) is 5.56 Å². The van der Waals surface area contributed by atoms with Crippen molar-refractivity contribution in [2.45, 2.75) is 13.5 Å². The zero-order valence-electron chi connectivity index (χ0n) is 15.5. The van der Waals surface area contributed by atoms with Crippen molar-refractivity contribution >= 4 is 17.9 Å². The zero-order valence-corrected chi connectivity index (χ0v) is 15.5. The average molecular weight is 378 g/mol. The first-order chi connectivity index (χ1) is 13.5. The van der Waals surface area contributed by atoms with Crippen LogP contribution in [0.5, 0.6) is 0 Å². The van der Waals surface area contributed by atoms with Gasteiger partial charge in [-0.05, 0) is 12.5 Å². The molecule has 0 aliphatic rings. The number of carbonyl (C=O) groups is 2. The lowest BCUT2D eigenvalue weighted by molar-refractivity contribution is -0.744. The minimum Gasteiger partial charge on any atom is -0.352 e. The lowest BCUT2D eigenvalue weighted by Crippen LogP contribution is -2.48. The Hall–Kier alpha value is -3.81. The minimum absolute atomic E-state index is 0.199. The molecule has 2 aromatic carbocycles. The van der Waals surface area contributed by atoms with Gasteiger partial charge in [-0.3, -0.25) is 9.59 Å². The van der Waals surface area contributed by atoms with Gasteiger partial charge in [-0.15, -0.1) is 4.68 Å². The molecule has 0 fully saturated rings. The highest BCUT2D eigenvalue weighted by Crippen LogP contribution is 2.04. The topological polar surface area (TPSA) is 100 Å². The third-order valence-corrected chi connectivity index (χ3v) is 4.12. The number of nitrogens with one attached hydrogen (secondary N) is 2. The number of aryl methyl sites for hydroxylation is 1. The summed E-state index contributed by atoms with van der Waals surface area (Å²) in [6, 6.07) is 16.3. The Labute approximate surface area is 161 Å². The average Bonchev–Trinajstić information content (AvgIpc) is 3.02. The number of Topliss-reactive ketones (excluding diaryl/α,β-unsaturated/α-hetero) is 1. The van der Waals surface area contributed by atoms with Crippen LogP contribution in [0.25, 0.3) is 0 Å². The third-order valence-electron chi connectivity index (χ3n) is 4.12. The van der Waals surface area contributed by atoms with Crippen LogP contribution in [-0.2, 0) is 6.54 Å². The second kappa shape index (κ2) is 8.26. The first-order valence-corrected chi connectivity index (χ1v) is 8.66. The Bertz CT molecular complexity index is 1080. The van der Waals surface area contributed by atoms with Crippen LogP contribution in [0.4, 0.5) is 0 Å². The second-order valence-corrected chi connectivity index (χ2v) is 6.18. The SMILES string of the molecule is CNC(=O)c1c(=O)n(N=Cc2ccccc2)[nH][n+]1CC(=O)c1ccc(C)cc1. The van der Waals surface area contributed by atoms with E-state index in [1.54, 1.807) is 12.1 Å². The summed E-state index contributed by atoms with van der Waals surface area (Å²) in [6.45, 7) is 1.73. The van der Waals surface area contributed by atoms with Gasteiger partial charge < -0.3 is 5.32 Å². The molecule has 8 heteroatoms. The monoisotopic (exact) mass is 378 g/mol. The summed E-state index contributed by atoms with van der Waals surface area (Å²) in [6.07, 6.45) is 1.48. The third kappa shape index (κ3) is 4.12.